The molecule has 8 nitrogen and oxygen atoms in total. The molecule has 0 saturated heterocycles. The van der Waals surface area contributed by atoms with Crippen LogP contribution in [0.4, 0.5) is 5.69 Å². The van der Waals surface area contributed by atoms with E-state index >= 15 is 0 Å². The standard InChI is InChI=1S/C29H33Cl2N3O5S/c1-20(2)17-32-29(36)21(3)33(18-22-9-8-10-23(30)15-22)28(35)19-34(26-16-24(31)13-14-27(26)39-4)40(37,38)25-11-6-5-7-12-25/h5-16,20-21H,17-19H2,1-4H3,(H,32,36)/t21-/m1/s1. The van der Waals surface area contributed by atoms with Crippen molar-refractivity contribution < 1.29 is 22.7 Å². The maximum absolute atomic E-state index is 14.0. The van der Waals surface area contributed by atoms with Crippen molar-refractivity contribution in [1.29, 1.82) is 0 Å². The lowest BCUT2D eigenvalue weighted by atomic mass is 10.1. The maximum atomic E-state index is 14.0. The van der Waals surface area contributed by atoms with Crippen LogP contribution in [0.2, 0.25) is 10.0 Å². The first-order chi connectivity index (χ1) is 18.9. The molecule has 0 aliphatic carbocycles. The summed E-state index contributed by atoms with van der Waals surface area (Å²) in [5.41, 5.74) is 0.772. The zero-order valence-corrected chi connectivity index (χ0v) is 25.1. The summed E-state index contributed by atoms with van der Waals surface area (Å²) in [6.45, 7) is 5.37. The van der Waals surface area contributed by atoms with E-state index in [1.807, 2.05) is 13.8 Å². The number of methoxy groups -OCH3 is 1. The van der Waals surface area contributed by atoms with E-state index in [1.165, 1.54) is 36.3 Å². The van der Waals surface area contributed by atoms with Gasteiger partial charge in [0, 0.05) is 23.1 Å². The number of hydrogen-bond donors (Lipinski definition) is 1. The van der Waals surface area contributed by atoms with E-state index in [-0.39, 0.29) is 39.7 Å². The number of hydrogen-bond acceptors (Lipinski definition) is 5. The van der Waals surface area contributed by atoms with Crippen LogP contribution in [0.15, 0.2) is 77.7 Å². The van der Waals surface area contributed by atoms with Gasteiger partial charge in [-0.3, -0.25) is 13.9 Å². The predicted octanol–water partition coefficient (Wildman–Crippen LogP) is 5.39. The molecule has 11 heteroatoms. The number of amides is 2. The van der Waals surface area contributed by atoms with Gasteiger partial charge in [0.25, 0.3) is 10.0 Å². The van der Waals surface area contributed by atoms with Crippen LogP contribution < -0.4 is 14.4 Å². The van der Waals surface area contributed by atoms with Crippen molar-refractivity contribution in [1.82, 2.24) is 10.2 Å². The van der Waals surface area contributed by atoms with Gasteiger partial charge in [0.1, 0.15) is 18.3 Å². The van der Waals surface area contributed by atoms with Crippen LogP contribution in [0, 0.1) is 5.92 Å². The average Bonchev–Trinajstić information content (AvgIpc) is 2.93. The lowest BCUT2D eigenvalue weighted by molar-refractivity contribution is -0.139. The smallest absolute Gasteiger partial charge is 0.264 e. The Morgan fingerprint density at radius 2 is 1.60 bits per heavy atom. The van der Waals surface area contributed by atoms with Gasteiger partial charge in [-0.2, -0.15) is 0 Å². The van der Waals surface area contributed by atoms with Crippen LogP contribution in [0.1, 0.15) is 26.3 Å². The van der Waals surface area contributed by atoms with Crippen LogP contribution >= 0.6 is 23.2 Å². The number of carbonyl (C=O) groups excluding carboxylic acids is 2. The highest BCUT2D eigenvalue weighted by Gasteiger charge is 2.34. The monoisotopic (exact) mass is 605 g/mol. The highest BCUT2D eigenvalue weighted by atomic mass is 35.5. The van der Waals surface area contributed by atoms with Crippen LogP contribution in [0.5, 0.6) is 5.75 Å². The van der Waals surface area contributed by atoms with Gasteiger partial charge in [0.2, 0.25) is 11.8 Å². The van der Waals surface area contributed by atoms with E-state index in [2.05, 4.69) is 5.32 Å². The fourth-order valence-corrected chi connectivity index (χ4v) is 5.77. The molecule has 1 atom stereocenters. The van der Waals surface area contributed by atoms with E-state index in [0.29, 0.717) is 17.1 Å². The molecule has 214 valence electrons. The van der Waals surface area contributed by atoms with Crippen molar-refractivity contribution in [2.24, 2.45) is 5.92 Å². The summed E-state index contributed by atoms with van der Waals surface area (Å²) in [6, 6.07) is 18.3. The lowest BCUT2D eigenvalue weighted by Crippen LogP contribution is -2.51. The Bertz CT molecular complexity index is 1430. The minimum absolute atomic E-state index is 0.0195. The molecule has 1 N–H and O–H groups in total. The number of sulfonamides is 1. The molecule has 0 radical (unpaired) electrons. The third-order valence-corrected chi connectivity index (χ3v) is 8.36. The summed E-state index contributed by atoms with van der Waals surface area (Å²) >= 11 is 12.4. The van der Waals surface area contributed by atoms with Crippen molar-refractivity contribution in [3.63, 3.8) is 0 Å². The number of nitrogens with zero attached hydrogens (tertiary/aromatic N) is 2. The van der Waals surface area contributed by atoms with Gasteiger partial charge in [0.15, 0.2) is 0 Å². The quantitative estimate of drug-likeness (QED) is 0.299. The summed E-state index contributed by atoms with van der Waals surface area (Å²) in [5, 5.41) is 3.58. The molecule has 0 saturated carbocycles. The molecule has 3 aromatic rings. The number of halogens is 2. The van der Waals surface area contributed by atoms with E-state index in [9.17, 15) is 18.0 Å². The minimum atomic E-state index is -4.25. The molecular weight excluding hydrogens is 573 g/mol. The zero-order chi connectivity index (χ0) is 29.4. The van der Waals surface area contributed by atoms with Crippen LogP contribution in [-0.4, -0.2) is 51.4 Å². The van der Waals surface area contributed by atoms with Crippen LogP contribution in [-0.2, 0) is 26.2 Å². The Labute approximate surface area is 245 Å². The van der Waals surface area contributed by atoms with Gasteiger partial charge in [-0.05, 0) is 60.9 Å². The molecule has 40 heavy (non-hydrogen) atoms. The molecule has 0 aliphatic rings. The number of carbonyl (C=O) groups is 2. The minimum Gasteiger partial charge on any atom is -0.495 e. The Hall–Kier alpha value is -3.27. The molecule has 0 bridgehead atoms. The van der Waals surface area contributed by atoms with Gasteiger partial charge >= 0.3 is 0 Å². The molecule has 0 heterocycles. The van der Waals surface area contributed by atoms with E-state index in [1.54, 1.807) is 55.5 Å². The van der Waals surface area contributed by atoms with Gasteiger partial charge in [-0.15, -0.1) is 0 Å². The van der Waals surface area contributed by atoms with Crippen molar-refractivity contribution in [2.45, 2.75) is 38.3 Å². The zero-order valence-electron chi connectivity index (χ0n) is 22.8. The topological polar surface area (TPSA) is 96.0 Å². The molecule has 0 aliphatic heterocycles. The number of anilines is 1. The van der Waals surface area contributed by atoms with Crippen molar-refractivity contribution in [3.05, 3.63) is 88.4 Å². The fourth-order valence-electron chi connectivity index (χ4n) is 3.96. The summed E-state index contributed by atoms with van der Waals surface area (Å²) in [5.74, 6) is -0.550. The SMILES string of the molecule is COc1ccc(Cl)cc1N(CC(=O)N(Cc1cccc(Cl)c1)[C@H](C)C(=O)NCC(C)C)S(=O)(=O)c1ccccc1. The lowest BCUT2D eigenvalue weighted by Gasteiger charge is -2.32. The highest BCUT2D eigenvalue weighted by molar-refractivity contribution is 7.92. The fraction of sp³-hybridized carbons (Fsp3) is 0.310. The maximum Gasteiger partial charge on any atom is 0.264 e. The van der Waals surface area contributed by atoms with E-state index in [0.717, 1.165) is 4.31 Å². The molecule has 2 amide bonds. The predicted molar refractivity (Wildman–Crippen MR) is 158 cm³/mol. The molecule has 3 rings (SSSR count). The third-order valence-electron chi connectivity index (χ3n) is 6.11. The number of rotatable bonds is 12. The normalized spacial score (nSPS) is 12.1. The Balaban J connectivity index is 2.07. The highest BCUT2D eigenvalue weighted by Crippen LogP contribution is 2.35. The second-order valence-electron chi connectivity index (χ2n) is 9.61. The molecule has 0 unspecified atom stereocenters. The summed E-state index contributed by atoms with van der Waals surface area (Å²) in [6.07, 6.45) is 0. The number of nitrogens with one attached hydrogen (secondary N) is 1. The first kappa shape index (κ1) is 31.3. The molecule has 0 spiro atoms. The first-order valence-electron chi connectivity index (χ1n) is 12.7. The first-order valence-corrected chi connectivity index (χ1v) is 14.9. The second kappa shape index (κ2) is 13.9. The van der Waals surface area contributed by atoms with Crippen LogP contribution in [0.25, 0.3) is 0 Å². The summed E-state index contributed by atoms with van der Waals surface area (Å²) in [4.78, 5) is 28.4. The largest absolute Gasteiger partial charge is 0.495 e. The van der Waals surface area contributed by atoms with Gasteiger partial charge in [0.05, 0.1) is 17.7 Å². The number of ether oxygens (including phenoxy) is 1. The molecule has 0 aromatic heterocycles. The average molecular weight is 607 g/mol. The Morgan fingerprint density at radius 1 is 0.925 bits per heavy atom. The third kappa shape index (κ3) is 7.90. The second-order valence-corrected chi connectivity index (χ2v) is 12.3. The van der Waals surface area contributed by atoms with Gasteiger partial charge in [-0.1, -0.05) is 67.4 Å². The van der Waals surface area contributed by atoms with Gasteiger partial charge < -0.3 is 15.0 Å². The van der Waals surface area contributed by atoms with Crippen molar-refractivity contribution in [2.75, 3.05) is 24.5 Å². The van der Waals surface area contributed by atoms with E-state index < -0.39 is 28.5 Å². The van der Waals surface area contributed by atoms with E-state index in [4.69, 9.17) is 27.9 Å². The summed E-state index contributed by atoms with van der Waals surface area (Å²) < 4.78 is 34.2. The van der Waals surface area contributed by atoms with Crippen LogP contribution in [0.3, 0.4) is 0 Å². The molecule has 0 fully saturated rings. The Kier molecular flexibility index (Phi) is 10.8. The Morgan fingerprint density at radius 3 is 2.23 bits per heavy atom. The summed E-state index contributed by atoms with van der Waals surface area (Å²) in [7, 11) is -2.86. The van der Waals surface area contributed by atoms with Gasteiger partial charge in [-0.25, -0.2) is 8.42 Å². The van der Waals surface area contributed by atoms with Crippen molar-refractivity contribution >= 4 is 50.7 Å². The van der Waals surface area contributed by atoms with Crippen molar-refractivity contribution in [3.8, 4) is 5.75 Å². The molecular formula is C29H33Cl2N3O5S. The molecule has 3 aromatic carbocycles. The number of benzene rings is 3.